The van der Waals surface area contributed by atoms with Gasteiger partial charge in [-0.05, 0) is 65.4 Å². The summed E-state index contributed by atoms with van der Waals surface area (Å²) in [7, 11) is 0. The summed E-state index contributed by atoms with van der Waals surface area (Å²) in [5.74, 6) is -0.0910. The Hall–Kier alpha value is -1.57. The van der Waals surface area contributed by atoms with Crippen molar-refractivity contribution < 1.29 is 9.53 Å². The van der Waals surface area contributed by atoms with Crippen molar-refractivity contribution in [2.24, 2.45) is 5.92 Å². The van der Waals surface area contributed by atoms with Gasteiger partial charge in [-0.1, -0.05) is 35.5 Å². The van der Waals surface area contributed by atoms with E-state index in [0.29, 0.717) is 5.57 Å². The van der Waals surface area contributed by atoms with Gasteiger partial charge >= 0.3 is 5.97 Å². The Balaban J connectivity index is 2.19. The minimum atomic E-state index is -0.222. The summed E-state index contributed by atoms with van der Waals surface area (Å²) in [6.45, 7) is 10.5. The highest BCUT2D eigenvalue weighted by molar-refractivity contribution is 5.91. The first kappa shape index (κ1) is 16.8. The van der Waals surface area contributed by atoms with Crippen LogP contribution in [-0.2, 0) is 9.53 Å². The van der Waals surface area contributed by atoms with E-state index in [1.54, 1.807) is 0 Å². The quantitative estimate of drug-likeness (QED) is 0.346. The molecule has 120 valence electrons. The number of esters is 1. The molecule has 1 aliphatic heterocycles. The molecule has 22 heavy (non-hydrogen) atoms. The average Bonchev–Trinajstić information content (AvgIpc) is 2.71. The molecule has 0 aromatic carbocycles. The lowest BCUT2D eigenvalue weighted by Crippen LogP contribution is -2.14. The number of carbonyl (C=O) groups excluding carboxylic acids is 1. The van der Waals surface area contributed by atoms with E-state index in [-0.39, 0.29) is 18.0 Å². The molecular formula is C20H28O2. The molecule has 1 saturated heterocycles. The molecule has 0 radical (unpaired) electrons. The third kappa shape index (κ3) is 4.46. The van der Waals surface area contributed by atoms with Crippen molar-refractivity contribution in [1.29, 1.82) is 0 Å². The van der Waals surface area contributed by atoms with E-state index < -0.39 is 0 Å². The van der Waals surface area contributed by atoms with E-state index in [1.807, 2.05) is 0 Å². The van der Waals surface area contributed by atoms with Crippen LogP contribution in [0.4, 0.5) is 0 Å². The zero-order chi connectivity index (χ0) is 16.1. The molecule has 1 fully saturated rings. The van der Waals surface area contributed by atoms with Gasteiger partial charge in [0.1, 0.15) is 6.10 Å². The third-order valence-electron chi connectivity index (χ3n) is 4.71. The zero-order valence-electron chi connectivity index (χ0n) is 14.2. The van der Waals surface area contributed by atoms with Crippen molar-refractivity contribution >= 4 is 5.97 Å². The highest BCUT2D eigenvalue weighted by atomic mass is 16.5. The number of ether oxygens (including phenoxy) is 1. The van der Waals surface area contributed by atoms with Gasteiger partial charge in [-0.25, -0.2) is 4.79 Å². The van der Waals surface area contributed by atoms with Gasteiger partial charge in [0.2, 0.25) is 0 Å². The van der Waals surface area contributed by atoms with Crippen molar-refractivity contribution in [2.45, 2.75) is 65.4 Å². The monoisotopic (exact) mass is 300 g/mol. The molecule has 0 bridgehead atoms. The van der Waals surface area contributed by atoms with Crippen LogP contribution >= 0.6 is 0 Å². The summed E-state index contributed by atoms with van der Waals surface area (Å²) in [6.07, 6.45) is 13.0. The SMILES string of the molecule is C=C1C(=O)O[C@H]2/C=C(\C)CC/C=C(\C)CC/C=C(\C)CCC12. The van der Waals surface area contributed by atoms with Crippen molar-refractivity contribution in [3.8, 4) is 0 Å². The van der Waals surface area contributed by atoms with Gasteiger partial charge in [0.15, 0.2) is 0 Å². The lowest BCUT2D eigenvalue weighted by molar-refractivity contribution is -0.137. The number of fused-ring (bicyclic) bond motifs is 1. The fourth-order valence-electron chi connectivity index (χ4n) is 3.16. The van der Waals surface area contributed by atoms with Crippen molar-refractivity contribution in [1.82, 2.24) is 0 Å². The Morgan fingerprint density at radius 1 is 1.00 bits per heavy atom. The van der Waals surface area contributed by atoms with Gasteiger partial charge < -0.3 is 4.74 Å². The van der Waals surface area contributed by atoms with Gasteiger partial charge in [0, 0.05) is 11.5 Å². The summed E-state index contributed by atoms with van der Waals surface area (Å²) in [5, 5.41) is 0. The van der Waals surface area contributed by atoms with Crippen LogP contribution in [0.5, 0.6) is 0 Å². The van der Waals surface area contributed by atoms with Gasteiger partial charge in [-0.2, -0.15) is 0 Å². The predicted molar refractivity (Wildman–Crippen MR) is 91.5 cm³/mol. The Bertz CT molecular complexity index is 534. The molecule has 0 amide bonds. The molecule has 0 saturated carbocycles. The smallest absolute Gasteiger partial charge is 0.334 e. The first-order chi connectivity index (χ1) is 10.5. The molecule has 1 unspecified atom stereocenters. The molecule has 0 spiro atoms. The molecule has 0 N–H and O–H groups in total. The molecule has 2 aliphatic rings. The fourth-order valence-corrected chi connectivity index (χ4v) is 3.16. The maximum atomic E-state index is 11.8. The summed E-state index contributed by atoms with van der Waals surface area (Å²) in [4.78, 5) is 11.8. The normalized spacial score (nSPS) is 35.1. The molecule has 1 heterocycles. The molecule has 2 heteroatoms. The van der Waals surface area contributed by atoms with Crippen LogP contribution in [0.1, 0.15) is 59.3 Å². The van der Waals surface area contributed by atoms with Crippen LogP contribution < -0.4 is 0 Å². The van der Waals surface area contributed by atoms with Crippen LogP contribution in [0, 0.1) is 5.92 Å². The van der Waals surface area contributed by atoms with E-state index in [9.17, 15) is 4.79 Å². The molecule has 0 aromatic heterocycles. The van der Waals surface area contributed by atoms with Crippen LogP contribution in [0.2, 0.25) is 0 Å². The van der Waals surface area contributed by atoms with Gasteiger partial charge in [0.25, 0.3) is 0 Å². The molecule has 1 aliphatic carbocycles. The minimum Gasteiger partial charge on any atom is -0.454 e. The molecular weight excluding hydrogens is 272 g/mol. The summed E-state index contributed by atoms with van der Waals surface area (Å²) >= 11 is 0. The Morgan fingerprint density at radius 2 is 1.59 bits per heavy atom. The maximum Gasteiger partial charge on any atom is 0.334 e. The van der Waals surface area contributed by atoms with Crippen molar-refractivity contribution in [3.05, 3.63) is 47.1 Å². The second kappa shape index (κ2) is 7.62. The average molecular weight is 300 g/mol. The largest absolute Gasteiger partial charge is 0.454 e. The Morgan fingerprint density at radius 3 is 2.27 bits per heavy atom. The second-order valence-corrected chi connectivity index (χ2v) is 6.73. The van der Waals surface area contributed by atoms with Gasteiger partial charge in [-0.3, -0.25) is 0 Å². The highest BCUT2D eigenvalue weighted by Gasteiger charge is 2.36. The van der Waals surface area contributed by atoms with E-state index >= 15 is 0 Å². The standard InChI is InChI=1S/C20H28O2/c1-14-7-5-9-15(2)11-12-18-17(4)20(21)22-19(18)13-16(3)10-6-8-14/h8-9,13,18-19H,4-7,10-12H2,1-3H3/b14-8+,15-9+,16-13+/t18?,19-/m0/s1. The Kier molecular flexibility index (Phi) is 5.82. The van der Waals surface area contributed by atoms with E-state index in [0.717, 1.165) is 38.5 Å². The molecule has 0 aromatic rings. The number of rotatable bonds is 0. The zero-order valence-corrected chi connectivity index (χ0v) is 14.2. The highest BCUT2D eigenvalue weighted by Crippen LogP contribution is 2.33. The summed E-state index contributed by atoms with van der Waals surface area (Å²) in [5.41, 5.74) is 4.81. The first-order valence-electron chi connectivity index (χ1n) is 8.35. The second-order valence-electron chi connectivity index (χ2n) is 6.73. The number of carbonyl (C=O) groups is 1. The fraction of sp³-hybridized carbons (Fsp3) is 0.550. The third-order valence-corrected chi connectivity index (χ3v) is 4.71. The van der Waals surface area contributed by atoms with E-state index in [4.69, 9.17) is 4.74 Å². The molecule has 2 atom stereocenters. The van der Waals surface area contributed by atoms with Crippen molar-refractivity contribution in [2.75, 3.05) is 0 Å². The number of hydrogen-bond donors (Lipinski definition) is 0. The van der Waals surface area contributed by atoms with Crippen LogP contribution in [0.25, 0.3) is 0 Å². The van der Waals surface area contributed by atoms with Crippen LogP contribution in [0.15, 0.2) is 47.1 Å². The van der Waals surface area contributed by atoms with Crippen LogP contribution in [0.3, 0.4) is 0 Å². The maximum absolute atomic E-state index is 11.8. The minimum absolute atomic E-state index is 0.124. The summed E-state index contributed by atoms with van der Waals surface area (Å²) < 4.78 is 5.51. The summed E-state index contributed by atoms with van der Waals surface area (Å²) in [6, 6.07) is 0. The van der Waals surface area contributed by atoms with E-state index in [2.05, 4.69) is 45.6 Å². The lowest BCUT2D eigenvalue weighted by Gasteiger charge is -2.16. The van der Waals surface area contributed by atoms with Crippen molar-refractivity contribution in [3.63, 3.8) is 0 Å². The lowest BCUT2D eigenvalue weighted by atomic mass is 9.89. The number of allylic oxidation sites excluding steroid dienone is 5. The van der Waals surface area contributed by atoms with Gasteiger partial charge in [0.05, 0.1) is 0 Å². The van der Waals surface area contributed by atoms with Gasteiger partial charge in [-0.15, -0.1) is 0 Å². The molecule has 2 nitrogen and oxygen atoms in total. The topological polar surface area (TPSA) is 26.3 Å². The Labute approximate surface area is 134 Å². The number of hydrogen-bond acceptors (Lipinski definition) is 2. The first-order valence-corrected chi connectivity index (χ1v) is 8.35. The van der Waals surface area contributed by atoms with E-state index in [1.165, 1.54) is 16.7 Å². The molecule has 2 rings (SSSR count). The predicted octanol–water partition coefficient (Wildman–Crippen LogP) is 5.28. The van der Waals surface area contributed by atoms with Crippen LogP contribution in [-0.4, -0.2) is 12.1 Å².